The molecule has 2 aromatic rings. The van der Waals surface area contributed by atoms with E-state index in [0.717, 1.165) is 0 Å². The van der Waals surface area contributed by atoms with E-state index >= 15 is 0 Å². The summed E-state index contributed by atoms with van der Waals surface area (Å²) in [6, 6.07) is 6.33. The molecule has 4 heteroatoms. The average Bonchev–Trinajstić information content (AvgIpc) is 2.61. The second kappa shape index (κ2) is 3.89. The van der Waals surface area contributed by atoms with Crippen LogP contribution < -0.4 is 0 Å². The van der Waals surface area contributed by atoms with Gasteiger partial charge in [-0.3, -0.25) is 4.79 Å². The first-order valence-corrected chi connectivity index (χ1v) is 4.91. The molecule has 0 amide bonds. The molecular weight excluding hydrogens is 207 g/mol. The molecule has 0 fully saturated rings. The van der Waals surface area contributed by atoms with Crippen molar-refractivity contribution >= 4 is 5.78 Å². The minimum atomic E-state index is -0.358. The standard InChI is InChI=1S/C12H11FN2O/c1-8-10(9(2)16)7-14-15(8)12-6-4-3-5-11(12)13/h3-7H,1-2H3. The molecule has 0 spiro atoms. The fourth-order valence-corrected chi connectivity index (χ4v) is 1.62. The van der Waals surface area contributed by atoms with Crippen molar-refractivity contribution in [2.24, 2.45) is 0 Å². The van der Waals surface area contributed by atoms with Crippen LogP contribution in [-0.2, 0) is 0 Å². The molecule has 0 saturated heterocycles. The van der Waals surface area contributed by atoms with Gasteiger partial charge in [0.2, 0.25) is 0 Å². The van der Waals surface area contributed by atoms with Crippen LogP contribution in [0.2, 0.25) is 0 Å². The summed E-state index contributed by atoms with van der Waals surface area (Å²) >= 11 is 0. The third-order valence-corrected chi connectivity index (χ3v) is 2.47. The Labute approximate surface area is 92.5 Å². The summed E-state index contributed by atoms with van der Waals surface area (Å²) in [6.45, 7) is 3.21. The molecule has 16 heavy (non-hydrogen) atoms. The molecule has 0 aliphatic carbocycles. The number of rotatable bonds is 2. The molecule has 1 aromatic heterocycles. The molecule has 0 unspecified atom stereocenters. The fourth-order valence-electron chi connectivity index (χ4n) is 1.62. The van der Waals surface area contributed by atoms with Crippen molar-refractivity contribution < 1.29 is 9.18 Å². The van der Waals surface area contributed by atoms with E-state index in [4.69, 9.17) is 0 Å². The van der Waals surface area contributed by atoms with E-state index in [-0.39, 0.29) is 11.6 Å². The van der Waals surface area contributed by atoms with Crippen molar-refractivity contribution in [3.05, 3.63) is 47.5 Å². The molecule has 0 radical (unpaired) electrons. The summed E-state index contributed by atoms with van der Waals surface area (Å²) in [4.78, 5) is 11.2. The van der Waals surface area contributed by atoms with Gasteiger partial charge in [0, 0.05) is 0 Å². The molecule has 0 N–H and O–H groups in total. The summed E-state index contributed by atoms with van der Waals surface area (Å²) in [6.07, 6.45) is 1.46. The summed E-state index contributed by atoms with van der Waals surface area (Å²) in [5.41, 5.74) is 1.52. The number of aromatic nitrogens is 2. The molecule has 2 rings (SSSR count). The van der Waals surface area contributed by atoms with Gasteiger partial charge in [-0.25, -0.2) is 9.07 Å². The SMILES string of the molecule is CC(=O)c1cnn(-c2ccccc2F)c1C. The van der Waals surface area contributed by atoms with Gasteiger partial charge in [0.15, 0.2) is 5.78 Å². The number of Topliss-reactive ketones (excluding diaryl/α,β-unsaturated/α-hetero) is 1. The van der Waals surface area contributed by atoms with Gasteiger partial charge in [0.05, 0.1) is 17.5 Å². The lowest BCUT2D eigenvalue weighted by Gasteiger charge is -2.05. The zero-order chi connectivity index (χ0) is 11.7. The highest BCUT2D eigenvalue weighted by Crippen LogP contribution is 2.17. The highest BCUT2D eigenvalue weighted by atomic mass is 19.1. The van der Waals surface area contributed by atoms with Crippen LogP contribution in [0, 0.1) is 12.7 Å². The number of nitrogens with zero attached hydrogens (tertiary/aromatic N) is 2. The van der Waals surface area contributed by atoms with Crippen LogP contribution in [0.3, 0.4) is 0 Å². The van der Waals surface area contributed by atoms with Crippen LogP contribution in [0.25, 0.3) is 5.69 Å². The molecule has 1 aromatic carbocycles. The van der Waals surface area contributed by atoms with Gasteiger partial charge in [-0.1, -0.05) is 12.1 Å². The van der Waals surface area contributed by atoms with E-state index in [1.165, 1.54) is 23.9 Å². The second-order valence-corrected chi connectivity index (χ2v) is 3.56. The number of benzene rings is 1. The first-order chi connectivity index (χ1) is 7.61. The number of halogens is 1. The van der Waals surface area contributed by atoms with E-state index in [0.29, 0.717) is 16.9 Å². The first-order valence-electron chi connectivity index (χ1n) is 4.91. The molecule has 0 saturated carbocycles. The zero-order valence-corrected chi connectivity index (χ0v) is 9.07. The van der Waals surface area contributed by atoms with Gasteiger partial charge >= 0.3 is 0 Å². The van der Waals surface area contributed by atoms with Crippen LogP contribution in [0.1, 0.15) is 23.0 Å². The van der Waals surface area contributed by atoms with E-state index in [9.17, 15) is 9.18 Å². The highest BCUT2D eigenvalue weighted by molar-refractivity contribution is 5.95. The van der Waals surface area contributed by atoms with E-state index in [2.05, 4.69) is 5.10 Å². The smallest absolute Gasteiger partial charge is 0.163 e. The van der Waals surface area contributed by atoms with E-state index < -0.39 is 0 Å². The van der Waals surface area contributed by atoms with Crippen LogP contribution in [0.4, 0.5) is 4.39 Å². The Morgan fingerprint density at radius 2 is 2.06 bits per heavy atom. The van der Waals surface area contributed by atoms with Crippen LogP contribution >= 0.6 is 0 Å². The molecule has 3 nitrogen and oxygen atoms in total. The highest BCUT2D eigenvalue weighted by Gasteiger charge is 2.13. The average molecular weight is 218 g/mol. The van der Waals surface area contributed by atoms with Crippen molar-refractivity contribution in [3.63, 3.8) is 0 Å². The zero-order valence-electron chi connectivity index (χ0n) is 9.07. The summed E-state index contributed by atoms with van der Waals surface area (Å²) < 4.78 is 15.0. The maximum Gasteiger partial charge on any atom is 0.163 e. The number of ketones is 1. The molecule has 0 atom stereocenters. The summed E-state index contributed by atoms with van der Waals surface area (Å²) in [5.74, 6) is -0.427. The van der Waals surface area contributed by atoms with Crippen LogP contribution in [0.15, 0.2) is 30.5 Å². The Morgan fingerprint density at radius 3 is 2.62 bits per heavy atom. The van der Waals surface area contributed by atoms with E-state index in [1.807, 2.05) is 0 Å². The van der Waals surface area contributed by atoms with Gasteiger partial charge in [0.1, 0.15) is 11.5 Å². The molecule has 1 heterocycles. The third kappa shape index (κ3) is 1.62. The van der Waals surface area contributed by atoms with Crippen molar-refractivity contribution in [1.29, 1.82) is 0 Å². The van der Waals surface area contributed by atoms with Crippen LogP contribution in [0.5, 0.6) is 0 Å². The molecule has 82 valence electrons. The Bertz CT molecular complexity index is 546. The largest absolute Gasteiger partial charge is 0.294 e. The van der Waals surface area contributed by atoms with Gasteiger partial charge < -0.3 is 0 Å². The lowest BCUT2D eigenvalue weighted by Crippen LogP contribution is -2.03. The summed E-state index contributed by atoms with van der Waals surface area (Å²) in [5, 5.41) is 4.02. The third-order valence-electron chi connectivity index (χ3n) is 2.47. The molecule has 0 aliphatic rings. The first kappa shape index (κ1) is 10.5. The fraction of sp³-hybridized carbons (Fsp3) is 0.167. The monoisotopic (exact) mass is 218 g/mol. The van der Waals surface area contributed by atoms with Crippen LogP contribution in [-0.4, -0.2) is 15.6 Å². The molecular formula is C12H11FN2O. The van der Waals surface area contributed by atoms with E-state index in [1.54, 1.807) is 25.1 Å². The maximum atomic E-state index is 13.5. The number of para-hydroxylation sites is 1. The number of carbonyl (C=O) groups is 1. The maximum absolute atomic E-state index is 13.5. The Balaban J connectivity index is 2.58. The normalized spacial score (nSPS) is 10.4. The lowest BCUT2D eigenvalue weighted by atomic mass is 10.2. The quantitative estimate of drug-likeness (QED) is 0.726. The van der Waals surface area contributed by atoms with Crippen molar-refractivity contribution in [1.82, 2.24) is 9.78 Å². The Hall–Kier alpha value is -1.97. The minimum Gasteiger partial charge on any atom is -0.294 e. The van der Waals surface area contributed by atoms with Gasteiger partial charge in [-0.15, -0.1) is 0 Å². The van der Waals surface area contributed by atoms with Gasteiger partial charge in [-0.05, 0) is 26.0 Å². The predicted octanol–water partition coefficient (Wildman–Crippen LogP) is 2.52. The Morgan fingerprint density at radius 1 is 1.38 bits per heavy atom. The second-order valence-electron chi connectivity index (χ2n) is 3.56. The number of carbonyl (C=O) groups excluding carboxylic acids is 1. The van der Waals surface area contributed by atoms with Gasteiger partial charge in [0.25, 0.3) is 0 Å². The minimum absolute atomic E-state index is 0.0694. The van der Waals surface area contributed by atoms with Gasteiger partial charge in [-0.2, -0.15) is 5.10 Å². The topological polar surface area (TPSA) is 34.9 Å². The summed E-state index contributed by atoms with van der Waals surface area (Å²) in [7, 11) is 0. The molecule has 0 bridgehead atoms. The predicted molar refractivity (Wildman–Crippen MR) is 58.3 cm³/mol. The van der Waals surface area contributed by atoms with Crippen molar-refractivity contribution in [2.45, 2.75) is 13.8 Å². The molecule has 0 aliphatic heterocycles. The van der Waals surface area contributed by atoms with Crippen molar-refractivity contribution in [3.8, 4) is 5.69 Å². The number of hydrogen-bond donors (Lipinski definition) is 0. The number of hydrogen-bond acceptors (Lipinski definition) is 2. The lowest BCUT2D eigenvalue weighted by molar-refractivity contribution is 0.101. The Kier molecular flexibility index (Phi) is 2.56. The van der Waals surface area contributed by atoms with Crippen molar-refractivity contribution in [2.75, 3.05) is 0 Å².